The maximum atomic E-state index is 12.4. The molecular formula is C15H24N2O3S. The molecule has 1 aliphatic rings. The Balaban J connectivity index is 2.12. The summed E-state index contributed by atoms with van der Waals surface area (Å²) in [6.07, 6.45) is 1.81. The molecule has 0 aromatic heterocycles. The Morgan fingerprint density at radius 2 is 2.14 bits per heavy atom. The lowest BCUT2D eigenvalue weighted by atomic mass is 10.1. The van der Waals surface area contributed by atoms with E-state index in [0.717, 1.165) is 25.0 Å². The standard InChI is InChI=1S/C15H24N2O3S/c1-3-13-4-5-15(8-14(13)10-16-2)21(18,19)17-9-12-6-7-20-11-12/h4-5,8,12,16-17H,3,6-7,9-11H2,1-2H3. The van der Waals surface area contributed by atoms with E-state index in [-0.39, 0.29) is 5.92 Å². The van der Waals surface area contributed by atoms with Crippen LogP contribution in [0.5, 0.6) is 0 Å². The van der Waals surface area contributed by atoms with Crippen molar-refractivity contribution in [2.45, 2.75) is 31.2 Å². The minimum Gasteiger partial charge on any atom is -0.381 e. The molecule has 21 heavy (non-hydrogen) atoms. The molecule has 0 bridgehead atoms. The zero-order chi connectivity index (χ0) is 15.3. The molecule has 0 saturated carbocycles. The van der Waals surface area contributed by atoms with Crippen molar-refractivity contribution in [3.05, 3.63) is 29.3 Å². The molecule has 0 spiro atoms. The van der Waals surface area contributed by atoms with E-state index in [4.69, 9.17) is 4.74 Å². The van der Waals surface area contributed by atoms with E-state index in [1.54, 1.807) is 12.1 Å². The minimum atomic E-state index is -3.45. The summed E-state index contributed by atoms with van der Waals surface area (Å²) >= 11 is 0. The SMILES string of the molecule is CCc1ccc(S(=O)(=O)NCC2CCOC2)cc1CNC. The van der Waals surface area contributed by atoms with Gasteiger partial charge in [0.15, 0.2) is 0 Å². The summed E-state index contributed by atoms with van der Waals surface area (Å²) in [7, 11) is -1.59. The number of hydrogen-bond acceptors (Lipinski definition) is 4. The topological polar surface area (TPSA) is 67.4 Å². The Bertz CT molecular complexity index is 566. The van der Waals surface area contributed by atoms with Crippen molar-refractivity contribution in [2.24, 2.45) is 5.92 Å². The molecule has 2 rings (SSSR count). The number of benzene rings is 1. The van der Waals surface area contributed by atoms with Crippen molar-refractivity contribution < 1.29 is 13.2 Å². The van der Waals surface area contributed by atoms with Crippen molar-refractivity contribution in [1.29, 1.82) is 0 Å². The second-order valence-electron chi connectivity index (χ2n) is 5.40. The summed E-state index contributed by atoms with van der Waals surface area (Å²) in [5.41, 5.74) is 2.21. The lowest BCUT2D eigenvalue weighted by molar-refractivity contribution is 0.186. The number of rotatable bonds is 7. The lowest BCUT2D eigenvalue weighted by Gasteiger charge is -2.13. The summed E-state index contributed by atoms with van der Waals surface area (Å²) in [5.74, 6) is 0.284. The maximum Gasteiger partial charge on any atom is 0.240 e. The van der Waals surface area contributed by atoms with Crippen LogP contribution in [0.25, 0.3) is 0 Å². The first-order chi connectivity index (χ1) is 10.1. The monoisotopic (exact) mass is 312 g/mol. The van der Waals surface area contributed by atoms with Crippen LogP contribution >= 0.6 is 0 Å². The van der Waals surface area contributed by atoms with Gasteiger partial charge in [-0.3, -0.25) is 0 Å². The van der Waals surface area contributed by atoms with E-state index >= 15 is 0 Å². The molecule has 0 aliphatic carbocycles. The van der Waals surface area contributed by atoms with E-state index in [0.29, 0.717) is 24.6 Å². The van der Waals surface area contributed by atoms with Gasteiger partial charge in [0.2, 0.25) is 10.0 Å². The van der Waals surface area contributed by atoms with Gasteiger partial charge in [0.1, 0.15) is 0 Å². The smallest absolute Gasteiger partial charge is 0.240 e. The molecular weight excluding hydrogens is 288 g/mol. The van der Waals surface area contributed by atoms with Crippen LogP contribution < -0.4 is 10.0 Å². The normalized spacial score (nSPS) is 19.0. The number of aryl methyl sites for hydroxylation is 1. The third kappa shape index (κ3) is 4.26. The Hall–Kier alpha value is -0.950. The van der Waals surface area contributed by atoms with Gasteiger partial charge >= 0.3 is 0 Å². The number of nitrogens with one attached hydrogen (secondary N) is 2. The van der Waals surface area contributed by atoms with Crippen LogP contribution in [0, 0.1) is 5.92 Å². The van der Waals surface area contributed by atoms with E-state index in [1.165, 1.54) is 5.56 Å². The van der Waals surface area contributed by atoms with Crippen LogP contribution in [0.15, 0.2) is 23.1 Å². The van der Waals surface area contributed by atoms with Gasteiger partial charge < -0.3 is 10.1 Å². The zero-order valence-corrected chi connectivity index (χ0v) is 13.5. The summed E-state index contributed by atoms with van der Waals surface area (Å²) in [5, 5.41) is 3.08. The zero-order valence-electron chi connectivity index (χ0n) is 12.7. The van der Waals surface area contributed by atoms with E-state index in [1.807, 2.05) is 13.1 Å². The van der Waals surface area contributed by atoms with Crippen LogP contribution in [0.4, 0.5) is 0 Å². The van der Waals surface area contributed by atoms with Gasteiger partial charge in [-0.1, -0.05) is 13.0 Å². The third-order valence-electron chi connectivity index (χ3n) is 3.82. The molecule has 2 N–H and O–H groups in total. The fourth-order valence-electron chi connectivity index (χ4n) is 2.52. The van der Waals surface area contributed by atoms with Crippen molar-refractivity contribution in [3.8, 4) is 0 Å². The summed E-state index contributed by atoms with van der Waals surface area (Å²) in [6, 6.07) is 5.36. The van der Waals surface area contributed by atoms with E-state index in [2.05, 4.69) is 17.0 Å². The van der Waals surface area contributed by atoms with Gasteiger partial charge in [0.25, 0.3) is 0 Å². The molecule has 1 fully saturated rings. The highest BCUT2D eigenvalue weighted by molar-refractivity contribution is 7.89. The quantitative estimate of drug-likeness (QED) is 0.796. The molecule has 1 aliphatic heterocycles. The highest BCUT2D eigenvalue weighted by atomic mass is 32.2. The molecule has 1 unspecified atom stereocenters. The Morgan fingerprint density at radius 3 is 2.76 bits per heavy atom. The molecule has 6 heteroatoms. The fourth-order valence-corrected chi connectivity index (χ4v) is 3.69. The Labute approximate surface area is 127 Å². The van der Waals surface area contributed by atoms with E-state index in [9.17, 15) is 8.42 Å². The predicted molar refractivity (Wildman–Crippen MR) is 82.7 cm³/mol. The van der Waals surface area contributed by atoms with Crippen LogP contribution in [-0.2, 0) is 27.7 Å². The maximum absolute atomic E-state index is 12.4. The number of sulfonamides is 1. The van der Waals surface area contributed by atoms with Crippen LogP contribution in [-0.4, -0.2) is 35.2 Å². The first kappa shape index (κ1) is 16.4. The third-order valence-corrected chi connectivity index (χ3v) is 5.24. The first-order valence-corrected chi connectivity index (χ1v) is 8.89. The van der Waals surface area contributed by atoms with E-state index < -0.39 is 10.0 Å². The average Bonchev–Trinajstić information content (AvgIpc) is 2.99. The van der Waals surface area contributed by atoms with Crippen LogP contribution in [0.1, 0.15) is 24.5 Å². The first-order valence-electron chi connectivity index (χ1n) is 7.40. The molecule has 1 saturated heterocycles. The van der Waals surface area contributed by atoms with Crippen molar-refractivity contribution in [3.63, 3.8) is 0 Å². The second kappa shape index (κ2) is 7.35. The summed E-state index contributed by atoms with van der Waals surface area (Å²) in [6.45, 7) is 4.55. The van der Waals surface area contributed by atoms with Gasteiger partial charge in [0, 0.05) is 19.7 Å². The molecule has 0 radical (unpaired) electrons. The lowest BCUT2D eigenvalue weighted by Crippen LogP contribution is -2.29. The molecule has 0 amide bonds. The molecule has 1 aromatic carbocycles. The Kier molecular flexibility index (Phi) is 5.75. The minimum absolute atomic E-state index is 0.284. The number of ether oxygens (including phenoxy) is 1. The highest BCUT2D eigenvalue weighted by Crippen LogP contribution is 2.18. The molecule has 5 nitrogen and oxygen atoms in total. The average molecular weight is 312 g/mol. The van der Waals surface area contributed by atoms with Crippen LogP contribution in [0.3, 0.4) is 0 Å². The fraction of sp³-hybridized carbons (Fsp3) is 0.600. The van der Waals surface area contributed by atoms with Gasteiger partial charge in [0.05, 0.1) is 11.5 Å². The van der Waals surface area contributed by atoms with Gasteiger partial charge in [-0.15, -0.1) is 0 Å². The summed E-state index contributed by atoms with van der Waals surface area (Å²) in [4.78, 5) is 0.337. The van der Waals surface area contributed by atoms with Gasteiger partial charge in [-0.2, -0.15) is 0 Å². The van der Waals surface area contributed by atoms with Gasteiger partial charge in [-0.25, -0.2) is 13.1 Å². The number of hydrogen-bond donors (Lipinski definition) is 2. The molecule has 118 valence electrons. The largest absolute Gasteiger partial charge is 0.381 e. The molecule has 1 atom stereocenters. The van der Waals surface area contributed by atoms with Crippen molar-refractivity contribution >= 4 is 10.0 Å². The van der Waals surface area contributed by atoms with Crippen molar-refractivity contribution in [2.75, 3.05) is 26.8 Å². The van der Waals surface area contributed by atoms with Crippen LogP contribution in [0.2, 0.25) is 0 Å². The predicted octanol–water partition coefficient (Wildman–Crippen LogP) is 1.28. The Morgan fingerprint density at radius 1 is 1.33 bits per heavy atom. The highest BCUT2D eigenvalue weighted by Gasteiger charge is 2.20. The summed E-state index contributed by atoms with van der Waals surface area (Å²) < 4.78 is 32.7. The molecule has 1 aromatic rings. The van der Waals surface area contributed by atoms with Gasteiger partial charge in [-0.05, 0) is 49.1 Å². The molecule has 1 heterocycles. The second-order valence-corrected chi connectivity index (χ2v) is 7.16. The van der Waals surface area contributed by atoms with Crippen molar-refractivity contribution in [1.82, 2.24) is 10.0 Å².